The molecule has 0 aliphatic heterocycles. The molecule has 118 valence electrons. The molecule has 1 heterocycles. The maximum atomic E-state index is 12.5. The average molecular weight is 319 g/mol. The number of benzene rings is 2. The van der Waals surface area contributed by atoms with Gasteiger partial charge in [0.2, 0.25) is 0 Å². The molecule has 0 amide bonds. The zero-order valence-electron chi connectivity index (χ0n) is 12.7. The van der Waals surface area contributed by atoms with Gasteiger partial charge < -0.3 is 4.57 Å². The second-order valence-electron chi connectivity index (χ2n) is 5.37. The number of non-ortho nitro benzene ring substituents is 1. The van der Waals surface area contributed by atoms with E-state index in [-0.39, 0.29) is 17.7 Å². The first-order valence-electron chi connectivity index (χ1n) is 7.32. The molecule has 0 atom stereocenters. The number of hydrogen-bond donors (Lipinski definition) is 0. The Morgan fingerprint density at radius 2 is 1.83 bits per heavy atom. The van der Waals surface area contributed by atoms with E-state index in [1.54, 1.807) is 16.7 Å². The molecule has 0 aliphatic carbocycles. The fraction of sp³-hybridized carbons (Fsp3) is 0.111. The summed E-state index contributed by atoms with van der Waals surface area (Å²) >= 11 is 0. The number of nitriles is 1. The number of hydrogen-bond acceptors (Lipinski definition) is 4. The quantitative estimate of drug-likeness (QED) is 0.546. The number of nitro benzene ring substituents is 1. The van der Waals surface area contributed by atoms with Gasteiger partial charge >= 0.3 is 0 Å². The second kappa shape index (κ2) is 6.34. The van der Waals surface area contributed by atoms with Gasteiger partial charge in [-0.15, -0.1) is 0 Å². The summed E-state index contributed by atoms with van der Waals surface area (Å²) in [7, 11) is 0. The lowest BCUT2D eigenvalue weighted by molar-refractivity contribution is -0.384. The van der Waals surface area contributed by atoms with Crippen molar-refractivity contribution in [2.75, 3.05) is 0 Å². The van der Waals surface area contributed by atoms with Crippen molar-refractivity contribution in [1.82, 2.24) is 4.57 Å². The van der Waals surface area contributed by atoms with Gasteiger partial charge in [-0.2, -0.15) is 5.26 Å². The van der Waals surface area contributed by atoms with Crippen LogP contribution >= 0.6 is 0 Å². The van der Waals surface area contributed by atoms with Crippen LogP contribution in [0.4, 0.5) is 5.69 Å². The summed E-state index contributed by atoms with van der Waals surface area (Å²) in [5, 5.41) is 20.5. The van der Waals surface area contributed by atoms with Crippen molar-refractivity contribution < 1.29 is 4.92 Å². The third kappa shape index (κ3) is 2.88. The van der Waals surface area contributed by atoms with E-state index in [1.165, 1.54) is 18.2 Å². The Bertz CT molecular complexity index is 1010. The number of fused-ring (bicyclic) bond motifs is 1. The number of aromatic nitrogens is 1. The number of rotatable bonds is 4. The Balaban J connectivity index is 2.08. The highest BCUT2D eigenvalue weighted by Crippen LogP contribution is 2.19. The molecule has 0 N–H and O–H groups in total. The van der Waals surface area contributed by atoms with E-state index in [9.17, 15) is 14.9 Å². The van der Waals surface area contributed by atoms with Gasteiger partial charge in [0.25, 0.3) is 11.2 Å². The van der Waals surface area contributed by atoms with Crippen molar-refractivity contribution >= 4 is 16.6 Å². The van der Waals surface area contributed by atoms with Crippen LogP contribution in [0.25, 0.3) is 10.9 Å². The summed E-state index contributed by atoms with van der Waals surface area (Å²) in [4.78, 5) is 22.7. The maximum absolute atomic E-state index is 12.5. The van der Waals surface area contributed by atoms with Crippen LogP contribution in [0.3, 0.4) is 0 Å². The largest absolute Gasteiger partial charge is 0.304 e. The predicted molar refractivity (Wildman–Crippen MR) is 89.7 cm³/mol. The highest BCUT2D eigenvalue weighted by Gasteiger charge is 2.10. The first-order chi connectivity index (χ1) is 11.6. The fourth-order valence-corrected chi connectivity index (χ4v) is 2.70. The molecule has 0 saturated heterocycles. The molecular formula is C18H13N3O3. The molecular weight excluding hydrogens is 306 g/mol. The summed E-state index contributed by atoms with van der Waals surface area (Å²) in [6, 6.07) is 17.1. The van der Waals surface area contributed by atoms with Gasteiger partial charge in [-0.05, 0) is 17.2 Å². The van der Waals surface area contributed by atoms with Crippen LogP contribution in [0, 0.1) is 21.4 Å². The van der Waals surface area contributed by atoms with Gasteiger partial charge in [-0.3, -0.25) is 14.9 Å². The molecule has 0 bridgehead atoms. The fourth-order valence-electron chi connectivity index (χ4n) is 2.70. The Hall–Kier alpha value is -3.46. The average Bonchev–Trinajstić information content (AvgIpc) is 2.59. The van der Waals surface area contributed by atoms with Crippen LogP contribution in [-0.2, 0) is 13.0 Å². The van der Waals surface area contributed by atoms with E-state index in [2.05, 4.69) is 6.07 Å². The van der Waals surface area contributed by atoms with Gasteiger partial charge in [0, 0.05) is 23.6 Å². The lowest BCUT2D eigenvalue weighted by Gasteiger charge is -2.12. The van der Waals surface area contributed by atoms with E-state index in [1.807, 2.05) is 24.3 Å². The third-order valence-corrected chi connectivity index (χ3v) is 3.86. The highest BCUT2D eigenvalue weighted by atomic mass is 16.6. The molecule has 0 spiro atoms. The molecule has 3 aromatic rings. The van der Waals surface area contributed by atoms with E-state index >= 15 is 0 Å². The van der Waals surface area contributed by atoms with Gasteiger partial charge in [-0.1, -0.05) is 30.3 Å². The number of pyridine rings is 1. The zero-order chi connectivity index (χ0) is 17.1. The van der Waals surface area contributed by atoms with Gasteiger partial charge in [0.1, 0.15) is 0 Å². The Morgan fingerprint density at radius 3 is 2.50 bits per heavy atom. The molecule has 2 aromatic carbocycles. The molecule has 1 aromatic heterocycles. The third-order valence-electron chi connectivity index (χ3n) is 3.86. The van der Waals surface area contributed by atoms with Crippen LogP contribution in [-0.4, -0.2) is 9.49 Å². The van der Waals surface area contributed by atoms with Crippen LogP contribution < -0.4 is 5.56 Å². The summed E-state index contributed by atoms with van der Waals surface area (Å²) < 4.78 is 1.61. The van der Waals surface area contributed by atoms with Crippen molar-refractivity contribution in [2.45, 2.75) is 13.0 Å². The minimum absolute atomic E-state index is 0.0142. The van der Waals surface area contributed by atoms with Crippen LogP contribution in [0.1, 0.15) is 11.1 Å². The number of nitrogens with zero attached hydrogens (tertiary/aromatic N) is 3. The zero-order valence-corrected chi connectivity index (χ0v) is 12.7. The SMILES string of the molecule is N#CCc1cc(=O)n(Cc2ccc([N+](=O)[O-])cc2)c2ccccc12. The minimum atomic E-state index is -0.456. The number of nitro groups is 1. The lowest BCUT2D eigenvalue weighted by Crippen LogP contribution is -2.21. The van der Waals surface area contributed by atoms with E-state index in [0.717, 1.165) is 16.5 Å². The molecule has 0 saturated carbocycles. The first kappa shape index (κ1) is 15.4. The van der Waals surface area contributed by atoms with Crippen molar-refractivity contribution in [1.29, 1.82) is 5.26 Å². The second-order valence-corrected chi connectivity index (χ2v) is 5.37. The standard InChI is InChI=1S/C18H13N3O3/c19-10-9-14-11-18(22)20(17-4-2-1-3-16(14)17)12-13-5-7-15(8-6-13)21(23)24/h1-8,11H,9,12H2. The van der Waals surface area contributed by atoms with E-state index in [4.69, 9.17) is 5.26 Å². The van der Waals surface area contributed by atoms with Crippen molar-refractivity contribution in [3.05, 3.63) is 86.2 Å². The predicted octanol–water partition coefficient (Wildman–Crippen LogP) is 3.02. The first-order valence-corrected chi connectivity index (χ1v) is 7.32. The maximum Gasteiger partial charge on any atom is 0.269 e. The highest BCUT2D eigenvalue weighted by molar-refractivity contribution is 5.82. The molecule has 0 fully saturated rings. The number of para-hydroxylation sites is 1. The van der Waals surface area contributed by atoms with E-state index in [0.29, 0.717) is 12.1 Å². The molecule has 0 aliphatic rings. The summed E-state index contributed by atoms with van der Waals surface area (Å²) in [5.41, 5.74) is 2.06. The molecule has 6 nitrogen and oxygen atoms in total. The van der Waals surface area contributed by atoms with Crippen molar-refractivity contribution in [3.63, 3.8) is 0 Å². The Kier molecular flexibility index (Phi) is 4.08. The van der Waals surface area contributed by atoms with Crippen molar-refractivity contribution in [3.8, 4) is 6.07 Å². The molecule has 0 unspecified atom stereocenters. The summed E-state index contributed by atoms with van der Waals surface area (Å²) in [6.45, 7) is 0.310. The van der Waals surface area contributed by atoms with Gasteiger partial charge in [0.15, 0.2) is 0 Å². The lowest BCUT2D eigenvalue weighted by atomic mass is 10.1. The van der Waals surface area contributed by atoms with Crippen LogP contribution in [0.2, 0.25) is 0 Å². The van der Waals surface area contributed by atoms with Crippen LogP contribution in [0.15, 0.2) is 59.4 Å². The minimum Gasteiger partial charge on any atom is -0.304 e. The molecule has 6 heteroatoms. The van der Waals surface area contributed by atoms with E-state index < -0.39 is 4.92 Å². The Morgan fingerprint density at radius 1 is 1.12 bits per heavy atom. The smallest absolute Gasteiger partial charge is 0.269 e. The normalized spacial score (nSPS) is 10.5. The summed E-state index contributed by atoms with van der Waals surface area (Å²) in [5.74, 6) is 0. The van der Waals surface area contributed by atoms with Crippen molar-refractivity contribution in [2.24, 2.45) is 0 Å². The van der Waals surface area contributed by atoms with Gasteiger partial charge in [-0.25, -0.2) is 0 Å². The molecule has 24 heavy (non-hydrogen) atoms. The monoisotopic (exact) mass is 319 g/mol. The molecule has 0 radical (unpaired) electrons. The van der Waals surface area contributed by atoms with Crippen LogP contribution in [0.5, 0.6) is 0 Å². The van der Waals surface area contributed by atoms with Gasteiger partial charge in [0.05, 0.1) is 29.5 Å². The summed E-state index contributed by atoms with van der Waals surface area (Å²) in [6.07, 6.45) is 0.175. The molecule has 3 rings (SSSR count). The Labute approximate surface area is 137 Å². The topological polar surface area (TPSA) is 88.9 Å².